The van der Waals surface area contributed by atoms with Crippen molar-refractivity contribution in [3.8, 4) is 5.75 Å². The molecule has 1 amide bonds. The van der Waals surface area contributed by atoms with Gasteiger partial charge in [-0.05, 0) is 34.5 Å². The van der Waals surface area contributed by atoms with E-state index in [1.54, 1.807) is 17.1 Å². The van der Waals surface area contributed by atoms with Crippen LogP contribution in [0.2, 0.25) is 0 Å². The molecule has 0 atom stereocenters. The summed E-state index contributed by atoms with van der Waals surface area (Å²) in [6.07, 6.45) is 4.01. The molecule has 3 aromatic rings. The predicted octanol–water partition coefficient (Wildman–Crippen LogP) is 4.33. The van der Waals surface area contributed by atoms with E-state index in [2.05, 4.69) is 31.1 Å². The maximum absolute atomic E-state index is 13.6. The van der Waals surface area contributed by atoms with Crippen LogP contribution >= 0.6 is 15.9 Å². The number of carbonyl (C=O) groups excluding carboxylic acids is 1. The first-order chi connectivity index (χ1) is 14.3. The van der Waals surface area contributed by atoms with Crippen LogP contribution in [0, 0.1) is 29.1 Å². The second kappa shape index (κ2) is 9.28. The highest BCUT2D eigenvalue weighted by molar-refractivity contribution is 9.10. The van der Waals surface area contributed by atoms with Crippen molar-refractivity contribution in [2.24, 2.45) is 0 Å². The SMILES string of the molecule is O=C(NCCCn1cc(Br)cn1)c1ccc(COc2c(F)c(F)c(F)c(F)c2F)o1. The van der Waals surface area contributed by atoms with E-state index in [9.17, 15) is 26.7 Å². The molecule has 0 aliphatic heterocycles. The fourth-order valence-corrected chi connectivity index (χ4v) is 2.75. The van der Waals surface area contributed by atoms with Gasteiger partial charge in [-0.2, -0.15) is 13.9 Å². The fraction of sp³-hybridized carbons (Fsp3) is 0.222. The maximum Gasteiger partial charge on any atom is 0.286 e. The van der Waals surface area contributed by atoms with Crippen LogP contribution < -0.4 is 10.1 Å². The molecule has 0 radical (unpaired) electrons. The lowest BCUT2D eigenvalue weighted by atomic mass is 10.2. The molecule has 0 aliphatic rings. The Bertz CT molecular complexity index is 1040. The number of amides is 1. The minimum Gasteiger partial charge on any atom is -0.479 e. The number of rotatable bonds is 8. The summed E-state index contributed by atoms with van der Waals surface area (Å²) in [6.45, 7) is 0.248. The minimum atomic E-state index is -2.28. The van der Waals surface area contributed by atoms with Gasteiger partial charge < -0.3 is 14.5 Å². The highest BCUT2D eigenvalue weighted by Crippen LogP contribution is 2.29. The van der Waals surface area contributed by atoms with Crippen molar-refractivity contribution in [3.05, 3.63) is 69.6 Å². The van der Waals surface area contributed by atoms with Crippen LogP contribution in [0.25, 0.3) is 0 Å². The van der Waals surface area contributed by atoms with Crippen LogP contribution in [-0.4, -0.2) is 22.2 Å². The molecule has 0 saturated heterocycles. The molecule has 0 unspecified atom stereocenters. The summed E-state index contributed by atoms with van der Waals surface area (Å²) in [5.74, 6) is -12.8. The molecule has 12 heteroatoms. The van der Waals surface area contributed by atoms with Crippen molar-refractivity contribution in [2.75, 3.05) is 6.54 Å². The number of aromatic nitrogens is 2. The van der Waals surface area contributed by atoms with Gasteiger partial charge in [0.25, 0.3) is 5.91 Å². The Hall–Kier alpha value is -2.89. The van der Waals surface area contributed by atoms with Crippen molar-refractivity contribution in [2.45, 2.75) is 19.6 Å². The molecular weight excluding hydrogens is 481 g/mol. The molecule has 0 spiro atoms. The van der Waals surface area contributed by atoms with Crippen molar-refractivity contribution < 1.29 is 35.9 Å². The van der Waals surface area contributed by atoms with Crippen molar-refractivity contribution >= 4 is 21.8 Å². The second-order valence-corrected chi connectivity index (χ2v) is 6.90. The van der Waals surface area contributed by atoms with Gasteiger partial charge >= 0.3 is 0 Å². The van der Waals surface area contributed by atoms with Crippen LogP contribution in [0.15, 0.2) is 33.4 Å². The summed E-state index contributed by atoms with van der Waals surface area (Å²) in [6, 6.07) is 2.57. The third-order valence-corrected chi connectivity index (χ3v) is 4.27. The third-order valence-electron chi connectivity index (χ3n) is 3.87. The summed E-state index contributed by atoms with van der Waals surface area (Å²) >= 11 is 3.27. The number of benzene rings is 1. The van der Waals surface area contributed by atoms with Gasteiger partial charge in [-0.25, -0.2) is 13.2 Å². The average Bonchev–Trinajstić information content (AvgIpc) is 3.37. The Balaban J connectivity index is 1.53. The second-order valence-electron chi connectivity index (χ2n) is 5.98. The molecule has 0 saturated carbocycles. The van der Waals surface area contributed by atoms with Gasteiger partial charge in [0.15, 0.2) is 11.5 Å². The quantitative estimate of drug-likeness (QED) is 0.219. The Morgan fingerprint density at radius 3 is 2.40 bits per heavy atom. The Labute approximate surface area is 174 Å². The van der Waals surface area contributed by atoms with E-state index >= 15 is 0 Å². The van der Waals surface area contributed by atoms with E-state index in [0.717, 1.165) is 4.47 Å². The summed E-state index contributed by atoms with van der Waals surface area (Å²) in [5.41, 5.74) is 0. The van der Waals surface area contributed by atoms with Crippen LogP contribution in [0.3, 0.4) is 0 Å². The van der Waals surface area contributed by atoms with E-state index in [-0.39, 0.29) is 11.5 Å². The Kier molecular flexibility index (Phi) is 6.75. The van der Waals surface area contributed by atoms with Gasteiger partial charge in [-0.1, -0.05) is 0 Å². The van der Waals surface area contributed by atoms with Crippen LogP contribution in [-0.2, 0) is 13.2 Å². The number of aryl methyl sites for hydroxylation is 1. The van der Waals surface area contributed by atoms with E-state index in [1.807, 2.05) is 0 Å². The van der Waals surface area contributed by atoms with Crippen LogP contribution in [0.4, 0.5) is 22.0 Å². The molecule has 2 heterocycles. The number of hydrogen-bond donors (Lipinski definition) is 1. The van der Waals surface area contributed by atoms with E-state index in [1.165, 1.54) is 12.1 Å². The van der Waals surface area contributed by atoms with Gasteiger partial charge in [0.1, 0.15) is 12.4 Å². The summed E-state index contributed by atoms with van der Waals surface area (Å²) in [7, 11) is 0. The molecule has 6 nitrogen and oxygen atoms in total. The van der Waals surface area contributed by atoms with Gasteiger partial charge in [-0.3, -0.25) is 9.48 Å². The molecule has 1 aromatic carbocycles. The number of carbonyl (C=O) groups is 1. The fourth-order valence-electron chi connectivity index (χ4n) is 2.42. The molecule has 3 rings (SSSR count). The van der Waals surface area contributed by atoms with Crippen molar-refractivity contribution in [3.63, 3.8) is 0 Å². The molecule has 30 heavy (non-hydrogen) atoms. The topological polar surface area (TPSA) is 69.3 Å². The first-order valence-corrected chi connectivity index (χ1v) is 9.26. The number of hydrogen-bond acceptors (Lipinski definition) is 4. The normalized spacial score (nSPS) is 11.0. The number of halogens is 6. The number of nitrogens with zero attached hydrogens (tertiary/aromatic N) is 2. The van der Waals surface area contributed by atoms with Gasteiger partial charge in [0, 0.05) is 19.3 Å². The number of nitrogens with one attached hydrogen (secondary N) is 1. The average molecular weight is 494 g/mol. The first-order valence-electron chi connectivity index (χ1n) is 8.47. The summed E-state index contributed by atoms with van der Waals surface area (Å²) < 4.78 is 78.9. The zero-order valence-electron chi connectivity index (χ0n) is 15.0. The third kappa shape index (κ3) is 4.81. The Morgan fingerprint density at radius 1 is 1.10 bits per heavy atom. The van der Waals surface area contributed by atoms with Crippen LogP contribution in [0.1, 0.15) is 22.7 Å². The lowest BCUT2D eigenvalue weighted by Gasteiger charge is -2.09. The molecule has 2 aromatic heterocycles. The molecular formula is C18H13BrF5N3O3. The number of ether oxygens (including phenoxy) is 1. The molecule has 0 aliphatic carbocycles. The maximum atomic E-state index is 13.6. The van der Waals surface area contributed by atoms with Crippen molar-refractivity contribution in [1.82, 2.24) is 15.1 Å². The number of furan rings is 1. The predicted molar refractivity (Wildman–Crippen MR) is 96.1 cm³/mol. The van der Waals surface area contributed by atoms with Gasteiger partial charge in [0.2, 0.25) is 29.1 Å². The minimum absolute atomic E-state index is 0.0505. The standard InChI is InChI=1S/C18H13BrF5N3O3/c19-9-6-26-27(7-9)5-1-4-25-18(28)11-3-2-10(30-11)8-29-17-15(23)13(21)12(20)14(22)16(17)24/h2-3,6-7H,1,4-5,8H2,(H,25,28). The zero-order valence-corrected chi connectivity index (χ0v) is 16.6. The molecule has 160 valence electrons. The monoisotopic (exact) mass is 493 g/mol. The van der Waals surface area contributed by atoms with Gasteiger partial charge in [-0.15, -0.1) is 0 Å². The van der Waals surface area contributed by atoms with Gasteiger partial charge in [0.05, 0.1) is 10.7 Å². The van der Waals surface area contributed by atoms with Crippen molar-refractivity contribution in [1.29, 1.82) is 0 Å². The smallest absolute Gasteiger partial charge is 0.286 e. The highest BCUT2D eigenvalue weighted by Gasteiger charge is 2.27. The lowest BCUT2D eigenvalue weighted by Crippen LogP contribution is -2.24. The Morgan fingerprint density at radius 2 is 1.77 bits per heavy atom. The summed E-state index contributed by atoms with van der Waals surface area (Å²) in [5, 5.41) is 6.69. The lowest BCUT2D eigenvalue weighted by molar-refractivity contribution is 0.0920. The van der Waals surface area contributed by atoms with E-state index in [4.69, 9.17) is 4.42 Å². The van der Waals surface area contributed by atoms with E-state index < -0.39 is 47.3 Å². The largest absolute Gasteiger partial charge is 0.479 e. The first kappa shape index (κ1) is 21.8. The molecule has 0 bridgehead atoms. The summed E-state index contributed by atoms with van der Waals surface area (Å²) in [4.78, 5) is 12.0. The van der Waals surface area contributed by atoms with E-state index in [0.29, 0.717) is 19.5 Å². The van der Waals surface area contributed by atoms with Crippen LogP contribution in [0.5, 0.6) is 5.75 Å². The molecule has 0 fully saturated rings. The zero-order chi connectivity index (χ0) is 21.8. The highest BCUT2D eigenvalue weighted by atomic mass is 79.9. The molecule has 1 N–H and O–H groups in total.